The van der Waals surface area contributed by atoms with Gasteiger partial charge in [0, 0.05) is 101 Å². The SMILES string of the molecule is CCC1(CC)c2ccccc2-c2ccc(-c3ccc4c(c3)C(CC)(CC)c3ccccc3-4)cc21.CCn1c2ccccc2c2ccc(-c3ccc4c(c3)C(CC)(CC)c3ccccc3-4)cc21.CCn1c2ccccc2c2ccc(-c3ccc4c5ccccc5n(CC)c4c3)cc21. The van der Waals surface area contributed by atoms with Gasteiger partial charge < -0.3 is 13.7 Å². The molecule has 3 aromatic heterocycles. The van der Waals surface area contributed by atoms with Crippen molar-refractivity contribution in [1.82, 2.24) is 13.7 Å². The average molecular weight is 1250 g/mol. The van der Waals surface area contributed by atoms with E-state index in [-0.39, 0.29) is 16.2 Å². The molecule has 0 amide bonds. The Balaban J connectivity index is 0.000000113. The molecule has 18 rings (SSSR count). The third-order valence-electron chi connectivity index (χ3n) is 23.7. The van der Waals surface area contributed by atoms with Crippen molar-refractivity contribution in [2.75, 3.05) is 0 Å². The van der Waals surface area contributed by atoms with Gasteiger partial charge in [-0.15, -0.1) is 0 Å². The van der Waals surface area contributed by atoms with Crippen LogP contribution in [0.4, 0.5) is 0 Å². The van der Waals surface area contributed by atoms with E-state index < -0.39 is 0 Å². The van der Waals surface area contributed by atoms with Crippen LogP contribution in [0.3, 0.4) is 0 Å². The second-order valence-electron chi connectivity index (χ2n) is 27.3. The first kappa shape index (κ1) is 60.9. The second kappa shape index (κ2) is 24.0. The monoisotopic (exact) mass is 1250 g/mol. The predicted molar refractivity (Wildman–Crippen MR) is 412 cm³/mol. The Morgan fingerprint density at radius 3 is 0.688 bits per heavy atom. The van der Waals surface area contributed by atoms with Crippen molar-refractivity contribution in [3.8, 4) is 66.8 Å². The van der Waals surface area contributed by atoms with Gasteiger partial charge in [0.05, 0.1) is 0 Å². The van der Waals surface area contributed by atoms with Crippen molar-refractivity contribution in [2.45, 2.75) is 137 Å². The Morgan fingerprint density at radius 1 is 0.198 bits per heavy atom. The third kappa shape index (κ3) is 8.98. The molecule has 96 heavy (non-hydrogen) atoms. The molecule has 474 valence electrons. The van der Waals surface area contributed by atoms with Gasteiger partial charge in [0.25, 0.3) is 0 Å². The van der Waals surface area contributed by atoms with Crippen LogP contribution in [0.1, 0.15) is 134 Å². The van der Waals surface area contributed by atoms with E-state index in [1.807, 2.05) is 0 Å². The molecule has 0 unspecified atom stereocenters. The van der Waals surface area contributed by atoms with Gasteiger partial charge in [-0.25, -0.2) is 0 Å². The van der Waals surface area contributed by atoms with Crippen LogP contribution in [0, 0.1) is 0 Å². The summed E-state index contributed by atoms with van der Waals surface area (Å²) in [4.78, 5) is 0. The topological polar surface area (TPSA) is 14.8 Å². The van der Waals surface area contributed by atoms with E-state index in [0.717, 1.165) is 58.2 Å². The van der Waals surface area contributed by atoms with Crippen LogP contribution in [-0.2, 0) is 35.9 Å². The summed E-state index contributed by atoms with van der Waals surface area (Å²) in [5, 5.41) is 8.03. The number of aromatic nitrogens is 3. The highest BCUT2D eigenvalue weighted by molar-refractivity contribution is 6.12. The lowest BCUT2D eigenvalue weighted by Gasteiger charge is -2.30. The van der Waals surface area contributed by atoms with Crippen molar-refractivity contribution in [1.29, 1.82) is 0 Å². The van der Waals surface area contributed by atoms with Gasteiger partial charge in [-0.1, -0.05) is 242 Å². The fraction of sp³-hybridized carbons (Fsp3) is 0.226. The fourth-order valence-corrected chi connectivity index (χ4v) is 18.6. The number of benzene rings is 12. The van der Waals surface area contributed by atoms with Crippen molar-refractivity contribution in [3.05, 3.63) is 288 Å². The average Bonchev–Trinajstić information content (AvgIpc) is 1.59. The summed E-state index contributed by atoms with van der Waals surface area (Å²) in [6, 6.07) is 95.8. The van der Waals surface area contributed by atoms with Crippen molar-refractivity contribution in [2.24, 2.45) is 0 Å². The number of aryl methyl sites for hydroxylation is 3. The van der Waals surface area contributed by atoms with Crippen molar-refractivity contribution < 1.29 is 0 Å². The Hall–Kier alpha value is -9.96. The lowest BCUT2D eigenvalue weighted by molar-refractivity contribution is 0.490. The minimum absolute atomic E-state index is 0.115. The fourth-order valence-electron chi connectivity index (χ4n) is 18.6. The standard InChI is InChI=1S/C34H34.C31H29N.C28H24N2/c1-5-33(6-2)29-15-11-9-13-25(29)27-19-17-23(21-31(27)33)24-18-20-28-26-14-10-12-16-30(26)34(7-3,8-4)32(28)22-24;1-4-31(5-2)27-13-9-7-11-23(27)24-17-15-21(19-28(24)31)22-16-18-26-25-12-8-10-14-29(25)32(6-3)30(26)20-22;1-3-29-25-11-7-5-9-21(25)23-15-13-19(17-27(23)29)20-14-16-24-22-10-6-8-12-26(22)30(4-2)28(24)18-20/h9-22H,5-8H2,1-4H3;7-20H,4-6H2,1-3H3;5-18H,3-4H2,1-2H3. The summed E-state index contributed by atoms with van der Waals surface area (Å²) in [6.45, 7) is 23.7. The highest BCUT2D eigenvalue weighted by atomic mass is 15.0. The molecule has 0 saturated carbocycles. The molecule has 0 spiro atoms. The maximum atomic E-state index is 2.51. The molecule has 0 saturated heterocycles. The highest BCUT2D eigenvalue weighted by Gasteiger charge is 2.43. The number of fused-ring (bicyclic) bond motifs is 18. The maximum Gasteiger partial charge on any atom is 0.0497 e. The van der Waals surface area contributed by atoms with Crippen LogP contribution >= 0.6 is 0 Å². The molecule has 3 aliphatic rings. The van der Waals surface area contributed by atoms with E-state index in [1.165, 1.54) is 166 Å². The molecule has 0 aliphatic heterocycles. The zero-order chi connectivity index (χ0) is 65.6. The lowest BCUT2D eigenvalue weighted by atomic mass is 9.72. The van der Waals surface area contributed by atoms with E-state index in [0.29, 0.717) is 0 Å². The van der Waals surface area contributed by atoms with Crippen LogP contribution in [0.5, 0.6) is 0 Å². The lowest BCUT2D eigenvalue weighted by Crippen LogP contribution is -2.23. The van der Waals surface area contributed by atoms with Crippen LogP contribution in [0.25, 0.3) is 132 Å². The number of rotatable bonds is 12. The molecule has 12 aromatic carbocycles. The van der Waals surface area contributed by atoms with Gasteiger partial charge >= 0.3 is 0 Å². The molecule has 15 aromatic rings. The Kier molecular flexibility index (Phi) is 15.3. The first-order valence-electron chi connectivity index (χ1n) is 35.9. The molecule has 3 nitrogen and oxygen atoms in total. The van der Waals surface area contributed by atoms with Crippen molar-refractivity contribution in [3.63, 3.8) is 0 Å². The van der Waals surface area contributed by atoms with Crippen LogP contribution in [-0.4, -0.2) is 13.7 Å². The molecule has 3 heterocycles. The molecule has 0 atom stereocenters. The predicted octanol–water partition coefficient (Wildman–Crippen LogP) is 25.7. The first-order valence-corrected chi connectivity index (χ1v) is 35.9. The quantitative estimate of drug-likeness (QED) is 0.116. The van der Waals surface area contributed by atoms with E-state index in [4.69, 9.17) is 0 Å². The Labute approximate surface area is 567 Å². The number of hydrogen-bond donors (Lipinski definition) is 0. The second-order valence-corrected chi connectivity index (χ2v) is 27.3. The summed E-state index contributed by atoms with van der Waals surface area (Å²) < 4.78 is 7.30. The molecular weight excluding hydrogens is 1160 g/mol. The highest BCUT2D eigenvalue weighted by Crippen LogP contribution is 2.57. The molecule has 0 fully saturated rings. The molecule has 3 aliphatic carbocycles. The van der Waals surface area contributed by atoms with Gasteiger partial charge in [0.15, 0.2) is 0 Å². The normalized spacial score (nSPS) is 14.1. The summed E-state index contributed by atoms with van der Waals surface area (Å²) in [7, 11) is 0. The molecule has 0 radical (unpaired) electrons. The van der Waals surface area contributed by atoms with Gasteiger partial charge in [0.2, 0.25) is 0 Å². The zero-order valence-corrected chi connectivity index (χ0v) is 57.5. The third-order valence-corrected chi connectivity index (χ3v) is 23.7. The van der Waals surface area contributed by atoms with E-state index >= 15 is 0 Å². The van der Waals surface area contributed by atoms with E-state index in [9.17, 15) is 0 Å². The van der Waals surface area contributed by atoms with Gasteiger partial charge in [-0.05, 0) is 214 Å². The minimum atomic E-state index is 0.115. The minimum Gasteiger partial charge on any atom is -0.341 e. The van der Waals surface area contributed by atoms with Gasteiger partial charge in [-0.3, -0.25) is 0 Å². The Bertz CT molecular complexity index is 5300. The smallest absolute Gasteiger partial charge is 0.0497 e. The molecular formula is C93H87N3. The van der Waals surface area contributed by atoms with Crippen LogP contribution < -0.4 is 0 Å². The van der Waals surface area contributed by atoms with Crippen LogP contribution in [0.2, 0.25) is 0 Å². The summed E-state index contributed by atoms with van der Waals surface area (Å²) in [6.07, 6.45) is 6.77. The first-order chi connectivity index (χ1) is 47.1. The molecule has 0 bridgehead atoms. The number of nitrogens with zero attached hydrogens (tertiary/aromatic N) is 3. The number of para-hydroxylation sites is 3. The summed E-state index contributed by atoms with van der Waals surface area (Å²) >= 11 is 0. The van der Waals surface area contributed by atoms with Gasteiger partial charge in [-0.2, -0.15) is 0 Å². The zero-order valence-electron chi connectivity index (χ0n) is 57.5. The molecule has 0 N–H and O–H groups in total. The van der Waals surface area contributed by atoms with E-state index in [2.05, 4.69) is 331 Å². The summed E-state index contributed by atoms with van der Waals surface area (Å²) in [5.41, 5.74) is 33.7. The largest absolute Gasteiger partial charge is 0.341 e. The number of hydrogen-bond acceptors (Lipinski definition) is 0. The Morgan fingerprint density at radius 2 is 0.417 bits per heavy atom. The molecule has 3 heteroatoms. The summed E-state index contributed by atoms with van der Waals surface area (Å²) in [5.74, 6) is 0. The van der Waals surface area contributed by atoms with Crippen molar-refractivity contribution >= 4 is 65.4 Å². The van der Waals surface area contributed by atoms with Gasteiger partial charge in [0.1, 0.15) is 0 Å². The van der Waals surface area contributed by atoms with Crippen LogP contribution in [0.15, 0.2) is 255 Å². The van der Waals surface area contributed by atoms with E-state index in [1.54, 1.807) is 0 Å². The maximum absolute atomic E-state index is 2.51.